The first-order chi connectivity index (χ1) is 7.16. The molecule has 4 nitrogen and oxygen atoms in total. The molecule has 0 aliphatic heterocycles. The van der Waals surface area contributed by atoms with Gasteiger partial charge in [-0.05, 0) is 13.3 Å². The molecule has 0 aliphatic rings. The van der Waals surface area contributed by atoms with Gasteiger partial charge in [-0.25, -0.2) is 0 Å². The average Bonchev–Trinajstić information content (AvgIpc) is 2.17. The molecule has 0 radical (unpaired) electrons. The molecule has 4 N–H and O–H groups in total. The molecule has 0 bridgehead atoms. The molecular weight excluding hydrogens is 192 g/mol. The minimum absolute atomic E-state index is 0.127. The summed E-state index contributed by atoms with van der Waals surface area (Å²) in [5.74, 6) is 0. The molecule has 0 rings (SSSR count). The van der Waals surface area contributed by atoms with E-state index in [1.54, 1.807) is 0 Å². The Balaban J connectivity index is 3.15. The summed E-state index contributed by atoms with van der Waals surface area (Å²) in [6.45, 7) is 6.53. The van der Waals surface area contributed by atoms with Gasteiger partial charge in [-0.15, -0.1) is 0 Å². The Hall–Kier alpha value is -0.160. The smallest absolute Gasteiger partial charge is 0.0897 e. The second-order valence-electron chi connectivity index (χ2n) is 4.07. The fourth-order valence-corrected chi connectivity index (χ4v) is 1.21. The van der Waals surface area contributed by atoms with Crippen molar-refractivity contribution in [2.75, 3.05) is 26.3 Å². The highest BCUT2D eigenvalue weighted by atomic mass is 16.5. The Bertz CT molecular complexity index is 132. The number of aliphatic hydroxyl groups is 1. The van der Waals surface area contributed by atoms with Gasteiger partial charge in [0.25, 0.3) is 0 Å². The van der Waals surface area contributed by atoms with E-state index < -0.39 is 6.10 Å². The van der Waals surface area contributed by atoms with Gasteiger partial charge in [0, 0.05) is 25.7 Å². The minimum Gasteiger partial charge on any atom is -0.389 e. The molecule has 15 heavy (non-hydrogen) atoms. The van der Waals surface area contributed by atoms with Gasteiger partial charge in [0.2, 0.25) is 0 Å². The van der Waals surface area contributed by atoms with E-state index in [1.807, 2.05) is 6.92 Å². The van der Waals surface area contributed by atoms with Crippen molar-refractivity contribution >= 4 is 0 Å². The van der Waals surface area contributed by atoms with Crippen molar-refractivity contribution in [3.8, 4) is 0 Å². The van der Waals surface area contributed by atoms with Crippen molar-refractivity contribution in [1.29, 1.82) is 0 Å². The molecule has 2 unspecified atom stereocenters. The Labute approximate surface area is 93.2 Å². The van der Waals surface area contributed by atoms with Crippen LogP contribution in [0.15, 0.2) is 0 Å². The van der Waals surface area contributed by atoms with Crippen LogP contribution in [0.25, 0.3) is 0 Å². The maximum atomic E-state index is 9.49. The van der Waals surface area contributed by atoms with Crippen LogP contribution in [0.1, 0.15) is 33.1 Å². The van der Waals surface area contributed by atoms with Crippen molar-refractivity contribution in [3.05, 3.63) is 0 Å². The van der Waals surface area contributed by atoms with Crippen LogP contribution in [0.5, 0.6) is 0 Å². The first kappa shape index (κ1) is 14.8. The van der Waals surface area contributed by atoms with E-state index in [0.717, 1.165) is 19.6 Å². The van der Waals surface area contributed by atoms with Gasteiger partial charge in [-0.3, -0.25) is 0 Å². The highest BCUT2D eigenvalue weighted by Crippen LogP contribution is 1.94. The van der Waals surface area contributed by atoms with E-state index in [0.29, 0.717) is 13.2 Å². The lowest BCUT2D eigenvalue weighted by Gasteiger charge is -2.13. The summed E-state index contributed by atoms with van der Waals surface area (Å²) in [5, 5.41) is 12.6. The molecule has 0 fully saturated rings. The van der Waals surface area contributed by atoms with Crippen LogP contribution >= 0.6 is 0 Å². The lowest BCUT2D eigenvalue weighted by atomic mass is 10.3. The number of rotatable bonds is 10. The number of aliphatic hydroxyl groups excluding tert-OH is 1. The van der Waals surface area contributed by atoms with Crippen LogP contribution in [-0.4, -0.2) is 43.6 Å². The molecule has 0 aliphatic carbocycles. The molecule has 0 spiro atoms. The summed E-state index contributed by atoms with van der Waals surface area (Å²) >= 11 is 0. The number of hydrogen-bond donors (Lipinski definition) is 3. The Morgan fingerprint density at radius 2 is 2.07 bits per heavy atom. The van der Waals surface area contributed by atoms with Gasteiger partial charge in [0.15, 0.2) is 0 Å². The van der Waals surface area contributed by atoms with Gasteiger partial charge in [-0.1, -0.05) is 19.8 Å². The molecular formula is C11H26N2O2. The third-order valence-electron chi connectivity index (χ3n) is 2.05. The maximum absolute atomic E-state index is 9.49. The fraction of sp³-hybridized carbons (Fsp3) is 1.00. The zero-order valence-corrected chi connectivity index (χ0v) is 10.0. The number of nitrogens with one attached hydrogen (secondary N) is 1. The Kier molecular flexibility index (Phi) is 10.3. The average molecular weight is 218 g/mol. The van der Waals surface area contributed by atoms with Crippen LogP contribution in [0.2, 0.25) is 0 Å². The van der Waals surface area contributed by atoms with Crippen LogP contribution in [-0.2, 0) is 4.74 Å². The van der Waals surface area contributed by atoms with Crippen molar-refractivity contribution in [3.63, 3.8) is 0 Å². The summed E-state index contributed by atoms with van der Waals surface area (Å²) in [4.78, 5) is 0. The fourth-order valence-electron chi connectivity index (χ4n) is 1.21. The molecule has 0 amide bonds. The summed E-state index contributed by atoms with van der Waals surface area (Å²) in [5.41, 5.74) is 5.56. The van der Waals surface area contributed by atoms with Gasteiger partial charge in [0.1, 0.15) is 0 Å². The summed E-state index contributed by atoms with van der Waals surface area (Å²) in [6, 6.07) is 0.127. The summed E-state index contributed by atoms with van der Waals surface area (Å²) in [7, 11) is 0. The molecule has 0 aromatic heterocycles. The second-order valence-corrected chi connectivity index (χ2v) is 4.07. The normalized spacial score (nSPS) is 15.2. The van der Waals surface area contributed by atoms with Crippen molar-refractivity contribution < 1.29 is 9.84 Å². The Morgan fingerprint density at radius 1 is 1.33 bits per heavy atom. The topological polar surface area (TPSA) is 67.5 Å². The van der Waals surface area contributed by atoms with Gasteiger partial charge < -0.3 is 20.9 Å². The second kappa shape index (κ2) is 10.4. The first-order valence-electron chi connectivity index (χ1n) is 5.89. The SMILES string of the molecule is CCCCCOCC(O)CNCC(C)N. The zero-order chi connectivity index (χ0) is 11.5. The molecule has 0 heterocycles. The first-order valence-corrected chi connectivity index (χ1v) is 5.89. The van der Waals surface area contributed by atoms with Crippen molar-refractivity contribution in [2.24, 2.45) is 5.73 Å². The van der Waals surface area contributed by atoms with Crippen molar-refractivity contribution in [1.82, 2.24) is 5.32 Å². The highest BCUT2D eigenvalue weighted by molar-refractivity contribution is 4.62. The van der Waals surface area contributed by atoms with Crippen LogP contribution in [0, 0.1) is 0 Å². The number of ether oxygens (including phenoxy) is 1. The third-order valence-corrected chi connectivity index (χ3v) is 2.05. The van der Waals surface area contributed by atoms with Crippen LogP contribution in [0.4, 0.5) is 0 Å². The van der Waals surface area contributed by atoms with Crippen LogP contribution in [0.3, 0.4) is 0 Å². The summed E-state index contributed by atoms with van der Waals surface area (Å²) in [6.07, 6.45) is 3.04. The molecule has 2 atom stereocenters. The zero-order valence-electron chi connectivity index (χ0n) is 10.0. The van der Waals surface area contributed by atoms with E-state index >= 15 is 0 Å². The van der Waals surface area contributed by atoms with Gasteiger partial charge in [-0.2, -0.15) is 0 Å². The monoisotopic (exact) mass is 218 g/mol. The van der Waals surface area contributed by atoms with Crippen LogP contribution < -0.4 is 11.1 Å². The maximum Gasteiger partial charge on any atom is 0.0897 e. The minimum atomic E-state index is -0.426. The largest absolute Gasteiger partial charge is 0.389 e. The molecule has 0 saturated heterocycles. The van der Waals surface area contributed by atoms with E-state index in [-0.39, 0.29) is 6.04 Å². The van der Waals surface area contributed by atoms with E-state index in [1.165, 1.54) is 12.8 Å². The Morgan fingerprint density at radius 3 is 2.67 bits per heavy atom. The molecule has 4 heteroatoms. The molecule has 0 aromatic carbocycles. The number of unbranched alkanes of at least 4 members (excludes halogenated alkanes) is 2. The predicted octanol–water partition coefficient (Wildman–Crippen LogP) is 0.491. The van der Waals surface area contributed by atoms with Gasteiger partial charge >= 0.3 is 0 Å². The lowest BCUT2D eigenvalue weighted by Crippen LogP contribution is -2.37. The van der Waals surface area contributed by atoms with Gasteiger partial charge in [0.05, 0.1) is 12.7 Å². The molecule has 0 saturated carbocycles. The molecule has 0 aromatic rings. The quantitative estimate of drug-likeness (QED) is 0.467. The number of nitrogens with two attached hydrogens (primary N) is 1. The van der Waals surface area contributed by atoms with E-state index in [4.69, 9.17) is 10.5 Å². The molecule has 92 valence electrons. The lowest BCUT2D eigenvalue weighted by molar-refractivity contribution is 0.0355. The number of hydrogen-bond acceptors (Lipinski definition) is 4. The van der Waals surface area contributed by atoms with E-state index in [2.05, 4.69) is 12.2 Å². The predicted molar refractivity (Wildman–Crippen MR) is 62.9 cm³/mol. The summed E-state index contributed by atoms with van der Waals surface area (Å²) < 4.78 is 5.33. The third kappa shape index (κ3) is 11.8. The highest BCUT2D eigenvalue weighted by Gasteiger charge is 2.03. The van der Waals surface area contributed by atoms with E-state index in [9.17, 15) is 5.11 Å². The standard InChI is InChI=1S/C11H26N2O2/c1-3-4-5-6-15-9-11(14)8-13-7-10(2)12/h10-11,13-14H,3-9,12H2,1-2H3. The van der Waals surface area contributed by atoms with Crippen molar-refractivity contribution in [2.45, 2.75) is 45.3 Å².